The van der Waals surface area contributed by atoms with Crippen molar-refractivity contribution >= 4 is 0 Å². The Morgan fingerprint density at radius 3 is 2.40 bits per heavy atom. The summed E-state index contributed by atoms with van der Waals surface area (Å²) < 4.78 is 10.4. The summed E-state index contributed by atoms with van der Waals surface area (Å²) in [5.41, 5.74) is 7.77. The van der Waals surface area contributed by atoms with E-state index in [1.165, 1.54) is 0 Å². The maximum atomic E-state index is 6.08. The monoisotopic (exact) mass is 209 g/mol. The van der Waals surface area contributed by atoms with Gasteiger partial charge in [-0.25, -0.2) is 0 Å². The van der Waals surface area contributed by atoms with Crippen LogP contribution in [0.2, 0.25) is 0 Å². The molecular formula is C12H19NO2. The Balaban J connectivity index is 3.13. The molecule has 0 atom stereocenters. The SMILES string of the molecule is COCc1ccc(OC)c(C(C)(C)N)c1. The van der Waals surface area contributed by atoms with Crippen molar-refractivity contribution < 1.29 is 9.47 Å². The molecule has 2 N–H and O–H groups in total. The van der Waals surface area contributed by atoms with Crippen LogP contribution in [0.1, 0.15) is 25.0 Å². The van der Waals surface area contributed by atoms with E-state index in [1.807, 2.05) is 32.0 Å². The van der Waals surface area contributed by atoms with E-state index in [-0.39, 0.29) is 0 Å². The normalized spacial score (nSPS) is 11.5. The predicted molar refractivity (Wildman–Crippen MR) is 60.9 cm³/mol. The number of ether oxygens (including phenoxy) is 2. The van der Waals surface area contributed by atoms with Crippen molar-refractivity contribution in [3.8, 4) is 5.75 Å². The zero-order valence-electron chi connectivity index (χ0n) is 9.83. The quantitative estimate of drug-likeness (QED) is 0.825. The molecule has 0 heterocycles. The summed E-state index contributed by atoms with van der Waals surface area (Å²) in [4.78, 5) is 0. The van der Waals surface area contributed by atoms with E-state index in [2.05, 4.69) is 0 Å². The number of methoxy groups -OCH3 is 2. The molecule has 0 saturated heterocycles. The van der Waals surface area contributed by atoms with Crippen LogP contribution in [0.4, 0.5) is 0 Å². The number of rotatable bonds is 4. The van der Waals surface area contributed by atoms with E-state index < -0.39 is 5.54 Å². The fourth-order valence-electron chi connectivity index (χ4n) is 1.52. The van der Waals surface area contributed by atoms with Crippen LogP contribution in [-0.4, -0.2) is 14.2 Å². The molecule has 0 amide bonds. The molecule has 84 valence electrons. The Morgan fingerprint density at radius 2 is 1.93 bits per heavy atom. The minimum Gasteiger partial charge on any atom is -0.496 e. The van der Waals surface area contributed by atoms with Gasteiger partial charge in [0.15, 0.2) is 0 Å². The molecule has 0 aliphatic heterocycles. The topological polar surface area (TPSA) is 44.5 Å². The lowest BCUT2D eigenvalue weighted by atomic mass is 9.93. The highest BCUT2D eigenvalue weighted by Crippen LogP contribution is 2.28. The van der Waals surface area contributed by atoms with Crippen molar-refractivity contribution in [2.45, 2.75) is 26.0 Å². The molecule has 1 aromatic rings. The average molecular weight is 209 g/mol. The summed E-state index contributed by atoms with van der Waals surface area (Å²) in [5.74, 6) is 0.822. The lowest BCUT2D eigenvalue weighted by molar-refractivity contribution is 0.184. The second-order valence-electron chi connectivity index (χ2n) is 4.19. The molecule has 0 spiro atoms. The lowest BCUT2D eigenvalue weighted by Crippen LogP contribution is -2.29. The summed E-state index contributed by atoms with van der Waals surface area (Å²) in [5, 5.41) is 0. The van der Waals surface area contributed by atoms with Gasteiger partial charge in [-0.3, -0.25) is 0 Å². The first-order chi connectivity index (χ1) is 6.99. The van der Waals surface area contributed by atoms with Gasteiger partial charge in [0.2, 0.25) is 0 Å². The summed E-state index contributed by atoms with van der Waals surface area (Å²) in [7, 11) is 3.33. The molecule has 0 unspecified atom stereocenters. The molecule has 1 aromatic carbocycles. The third-order valence-electron chi connectivity index (χ3n) is 2.27. The Bertz CT molecular complexity index is 329. The Kier molecular flexibility index (Phi) is 3.72. The summed E-state index contributed by atoms with van der Waals surface area (Å²) in [6.07, 6.45) is 0. The first-order valence-corrected chi connectivity index (χ1v) is 4.94. The maximum Gasteiger partial charge on any atom is 0.123 e. The maximum absolute atomic E-state index is 6.08. The van der Waals surface area contributed by atoms with Gasteiger partial charge in [-0.15, -0.1) is 0 Å². The first kappa shape index (κ1) is 12.0. The van der Waals surface area contributed by atoms with Crippen LogP contribution in [0.3, 0.4) is 0 Å². The molecule has 0 aliphatic carbocycles. The highest BCUT2D eigenvalue weighted by molar-refractivity contribution is 5.41. The first-order valence-electron chi connectivity index (χ1n) is 4.94. The lowest BCUT2D eigenvalue weighted by Gasteiger charge is -2.22. The van der Waals surface area contributed by atoms with E-state index in [4.69, 9.17) is 15.2 Å². The minimum absolute atomic E-state index is 0.408. The van der Waals surface area contributed by atoms with E-state index in [9.17, 15) is 0 Å². The van der Waals surface area contributed by atoms with Crippen LogP contribution >= 0.6 is 0 Å². The molecule has 3 heteroatoms. The van der Waals surface area contributed by atoms with Crippen LogP contribution in [-0.2, 0) is 16.9 Å². The van der Waals surface area contributed by atoms with Crippen LogP contribution < -0.4 is 10.5 Å². The van der Waals surface area contributed by atoms with Gasteiger partial charge in [0.25, 0.3) is 0 Å². The van der Waals surface area contributed by atoms with E-state index >= 15 is 0 Å². The van der Waals surface area contributed by atoms with Crippen LogP contribution in [0.15, 0.2) is 18.2 Å². The average Bonchev–Trinajstić information content (AvgIpc) is 2.17. The molecule has 0 aromatic heterocycles. The molecule has 1 rings (SSSR count). The van der Waals surface area contributed by atoms with E-state index in [0.717, 1.165) is 16.9 Å². The number of hydrogen-bond donors (Lipinski definition) is 1. The Hall–Kier alpha value is -1.06. The number of nitrogens with two attached hydrogens (primary N) is 1. The van der Waals surface area contributed by atoms with Crippen molar-refractivity contribution in [2.75, 3.05) is 14.2 Å². The number of benzene rings is 1. The molecule has 0 bridgehead atoms. The van der Waals surface area contributed by atoms with Gasteiger partial charge in [0, 0.05) is 18.2 Å². The van der Waals surface area contributed by atoms with Gasteiger partial charge in [-0.2, -0.15) is 0 Å². The zero-order chi connectivity index (χ0) is 11.5. The highest BCUT2D eigenvalue weighted by atomic mass is 16.5. The van der Waals surface area contributed by atoms with Crippen molar-refractivity contribution in [2.24, 2.45) is 5.73 Å². The molecule has 15 heavy (non-hydrogen) atoms. The zero-order valence-corrected chi connectivity index (χ0v) is 9.83. The molecular weight excluding hydrogens is 190 g/mol. The number of hydrogen-bond acceptors (Lipinski definition) is 3. The van der Waals surface area contributed by atoms with Crippen molar-refractivity contribution in [1.82, 2.24) is 0 Å². The molecule has 0 aliphatic rings. The Labute approximate surface area is 91.2 Å². The van der Waals surface area contributed by atoms with Crippen molar-refractivity contribution in [3.05, 3.63) is 29.3 Å². The smallest absolute Gasteiger partial charge is 0.123 e. The summed E-state index contributed by atoms with van der Waals surface area (Å²) >= 11 is 0. The van der Waals surface area contributed by atoms with Gasteiger partial charge < -0.3 is 15.2 Å². The Morgan fingerprint density at radius 1 is 1.27 bits per heavy atom. The highest BCUT2D eigenvalue weighted by Gasteiger charge is 2.19. The van der Waals surface area contributed by atoms with E-state index in [1.54, 1.807) is 14.2 Å². The molecule has 0 radical (unpaired) electrons. The van der Waals surface area contributed by atoms with Gasteiger partial charge >= 0.3 is 0 Å². The summed E-state index contributed by atoms with van der Waals surface area (Å²) in [6, 6.07) is 5.94. The third kappa shape index (κ3) is 2.94. The fraction of sp³-hybridized carbons (Fsp3) is 0.500. The van der Waals surface area contributed by atoms with Gasteiger partial charge in [0.05, 0.1) is 13.7 Å². The predicted octanol–water partition coefficient (Wildman–Crippen LogP) is 2.04. The molecule has 3 nitrogen and oxygen atoms in total. The standard InChI is InChI=1S/C12H19NO2/c1-12(2,13)10-7-9(8-14-3)5-6-11(10)15-4/h5-7H,8,13H2,1-4H3. The van der Waals surface area contributed by atoms with Gasteiger partial charge in [0.1, 0.15) is 5.75 Å². The fourth-order valence-corrected chi connectivity index (χ4v) is 1.52. The third-order valence-corrected chi connectivity index (χ3v) is 2.27. The van der Waals surface area contributed by atoms with E-state index in [0.29, 0.717) is 6.61 Å². The van der Waals surface area contributed by atoms with Crippen LogP contribution in [0.25, 0.3) is 0 Å². The van der Waals surface area contributed by atoms with Gasteiger partial charge in [-0.05, 0) is 31.5 Å². The van der Waals surface area contributed by atoms with Gasteiger partial charge in [-0.1, -0.05) is 6.07 Å². The van der Waals surface area contributed by atoms with Crippen molar-refractivity contribution in [3.63, 3.8) is 0 Å². The second-order valence-corrected chi connectivity index (χ2v) is 4.19. The second kappa shape index (κ2) is 4.64. The largest absolute Gasteiger partial charge is 0.496 e. The van der Waals surface area contributed by atoms with Crippen LogP contribution in [0, 0.1) is 0 Å². The molecule has 0 saturated carbocycles. The minimum atomic E-state index is -0.408. The summed E-state index contributed by atoms with van der Waals surface area (Å²) in [6.45, 7) is 4.51. The molecule has 0 fully saturated rings. The van der Waals surface area contributed by atoms with Crippen LogP contribution in [0.5, 0.6) is 5.75 Å². The van der Waals surface area contributed by atoms with Crippen molar-refractivity contribution in [1.29, 1.82) is 0 Å².